The third kappa shape index (κ3) is 4.15. The minimum atomic E-state index is -3.15. The maximum atomic E-state index is 12.6. The van der Waals surface area contributed by atoms with Crippen molar-refractivity contribution < 1.29 is 18.0 Å². The topological polar surface area (TPSA) is 104 Å². The summed E-state index contributed by atoms with van der Waals surface area (Å²) in [6, 6.07) is 0.383. The number of piperidine rings is 2. The van der Waals surface area contributed by atoms with E-state index in [1.54, 1.807) is 0 Å². The van der Waals surface area contributed by atoms with Crippen LogP contribution < -0.4 is 5.73 Å². The van der Waals surface area contributed by atoms with Crippen molar-refractivity contribution >= 4 is 21.8 Å². The third-order valence-corrected chi connectivity index (χ3v) is 7.20. The number of sulfonamides is 1. The van der Waals surface area contributed by atoms with Crippen LogP contribution in [-0.4, -0.2) is 85.9 Å². The normalized spacial score (nSPS) is 25.7. The molecule has 2 amide bonds. The van der Waals surface area contributed by atoms with Crippen molar-refractivity contribution in [1.82, 2.24) is 14.1 Å². The molecule has 0 bridgehead atoms. The van der Waals surface area contributed by atoms with E-state index in [1.165, 1.54) is 10.6 Å². The summed E-state index contributed by atoms with van der Waals surface area (Å²) in [5.41, 5.74) is 5.36. The van der Waals surface area contributed by atoms with E-state index in [0.717, 1.165) is 39.0 Å². The number of hydrogen-bond donors (Lipinski definition) is 1. The van der Waals surface area contributed by atoms with Crippen LogP contribution in [-0.2, 0) is 19.6 Å². The van der Waals surface area contributed by atoms with Gasteiger partial charge in [0, 0.05) is 44.1 Å². The number of likely N-dealkylation sites (tertiary alicyclic amines) is 2. The molecule has 0 unspecified atom stereocenters. The highest BCUT2D eigenvalue weighted by Crippen LogP contribution is 2.27. The molecule has 25 heavy (non-hydrogen) atoms. The number of amides is 2. The van der Waals surface area contributed by atoms with Crippen LogP contribution in [0.25, 0.3) is 0 Å². The average molecular weight is 372 g/mol. The van der Waals surface area contributed by atoms with E-state index >= 15 is 0 Å². The van der Waals surface area contributed by atoms with Gasteiger partial charge in [0.15, 0.2) is 0 Å². The summed E-state index contributed by atoms with van der Waals surface area (Å²) in [5, 5.41) is 0. The zero-order chi connectivity index (χ0) is 18.2. The van der Waals surface area contributed by atoms with Crippen molar-refractivity contribution in [3.8, 4) is 0 Å². The van der Waals surface area contributed by atoms with Crippen molar-refractivity contribution in [1.29, 1.82) is 0 Å². The van der Waals surface area contributed by atoms with E-state index < -0.39 is 10.0 Å². The molecule has 3 saturated heterocycles. The van der Waals surface area contributed by atoms with E-state index in [0.29, 0.717) is 32.0 Å². The minimum Gasteiger partial charge on any atom is -0.369 e. The Hall–Kier alpha value is -1.19. The molecule has 3 rings (SSSR count). The van der Waals surface area contributed by atoms with Crippen molar-refractivity contribution in [3.63, 3.8) is 0 Å². The number of nitrogens with two attached hydrogens (primary N) is 1. The molecule has 0 aromatic rings. The van der Waals surface area contributed by atoms with Crippen LogP contribution in [0.3, 0.4) is 0 Å². The molecular formula is C16H28N4O4S. The summed E-state index contributed by atoms with van der Waals surface area (Å²) in [5.74, 6) is -0.101. The maximum Gasteiger partial charge on any atom is 0.225 e. The fraction of sp³-hybridized carbons (Fsp3) is 0.875. The minimum absolute atomic E-state index is 0.00547. The number of carbonyl (C=O) groups is 2. The molecule has 3 heterocycles. The number of hydrogen-bond acceptors (Lipinski definition) is 5. The molecule has 9 heteroatoms. The van der Waals surface area contributed by atoms with E-state index in [-0.39, 0.29) is 23.7 Å². The lowest BCUT2D eigenvalue weighted by atomic mass is 9.91. The summed E-state index contributed by atoms with van der Waals surface area (Å²) in [6.07, 6.45) is 4.05. The first-order valence-corrected chi connectivity index (χ1v) is 10.9. The molecule has 2 N–H and O–H groups in total. The van der Waals surface area contributed by atoms with Gasteiger partial charge in [0.05, 0.1) is 6.26 Å². The van der Waals surface area contributed by atoms with Crippen LogP contribution >= 0.6 is 0 Å². The molecule has 8 nitrogen and oxygen atoms in total. The summed E-state index contributed by atoms with van der Waals surface area (Å²) in [4.78, 5) is 28.1. The van der Waals surface area contributed by atoms with Crippen molar-refractivity contribution in [2.45, 2.75) is 31.7 Å². The molecule has 0 atom stereocenters. The van der Waals surface area contributed by atoms with Gasteiger partial charge in [-0.15, -0.1) is 0 Å². The Kier molecular flexibility index (Phi) is 5.36. The molecule has 0 aromatic carbocycles. The second-order valence-electron chi connectivity index (χ2n) is 7.55. The zero-order valence-electron chi connectivity index (χ0n) is 14.8. The Bertz CT molecular complexity index is 616. The Labute approximate surface area is 149 Å². The van der Waals surface area contributed by atoms with Gasteiger partial charge in [0.2, 0.25) is 21.8 Å². The fourth-order valence-corrected chi connectivity index (χ4v) is 4.98. The lowest BCUT2D eigenvalue weighted by Crippen LogP contribution is -2.63. The van der Waals surface area contributed by atoms with Gasteiger partial charge in [0.1, 0.15) is 0 Å². The Balaban J connectivity index is 1.41. The lowest BCUT2D eigenvalue weighted by molar-refractivity contribution is -0.145. The van der Waals surface area contributed by atoms with Gasteiger partial charge in [-0.05, 0) is 38.8 Å². The predicted molar refractivity (Wildman–Crippen MR) is 93.0 cm³/mol. The highest BCUT2D eigenvalue weighted by molar-refractivity contribution is 7.88. The molecule has 3 fully saturated rings. The Morgan fingerprint density at radius 1 is 0.920 bits per heavy atom. The van der Waals surface area contributed by atoms with Gasteiger partial charge >= 0.3 is 0 Å². The van der Waals surface area contributed by atoms with Gasteiger partial charge in [-0.2, -0.15) is 0 Å². The molecule has 0 spiro atoms. The van der Waals surface area contributed by atoms with Gasteiger partial charge in [-0.1, -0.05) is 0 Å². The van der Waals surface area contributed by atoms with Crippen LogP contribution in [0.4, 0.5) is 0 Å². The number of primary amides is 1. The van der Waals surface area contributed by atoms with E-state index in [2.05, 4.69) is 4.90 Å². The van der Waals surface area contributed by atoms with Crippen molar-refractivity contribution in [2.24, 2.45) is 17.6 Å². The zero-order valence-corrected chi connectivity index (χ0v) is 15.6. The van der Waals surface area contributed by atoms with Crippen molar-refractivity contribution in [2.75, 3.05) is 45.5 Å². The van der Waals surface area contributed by atoms with Crippen LogP contribution in [0.2, 0.25) is 0 Å². The quantitative estimate of drug-likeness (QED) is 0.686. The first-order chi connectivity index (χ1) is 11.8. The number of carbonyl (C=O) groups excluding carboxylic acids is 2. The smallest absolute Gasteiger partial charge is 0.225 e. The SMILES string of the molecule is CS(=O)(=O)N1CCC(C(=O)N2CC(N3CCC(C(N)=O)CC3)C2)CC1. The van der Waals surface area contributed by atoms with Crippen LogP contribution in [0, 0.1) is 11.8 Å². The van der Waals surface area contributed by atoms with Crippen LogP contribution in [0.1, 0.15) is 25.7 Å². The number of nitrogens with zero attached hydrogens (tertiary/aromatic N) is 3. The molecule has 0 aliphatic carbocycles. The first kappa shape index (κ1) is 18.6. The second-order valence-corrected chi connectivity index (χ2v) is 9.53. The van der Waals surface area contributed by atoms with Gasteiger partial charge in [0.25, 0.3) is 0 Å². The van der Waals surface area contributed by atoms with E-state index in [1.807, 2.05) is 4.90 Å². The standard InChI is InChI=1S/C16H28N4O4S/c1-25(23,24)20-8-4-13(5-9-20)16(22)19-10-14(11-19)18-6-2-12(3-7-18)15(17)21/h12-14H,2-11H2,1H3,(H2,17,21). The molecule has 142 valence electrons. The lowest BCUT2D eigenvalue weighted by Gasteiger charge is -2.48. The Morgan fingerprint density at radius 2 is 1.44 bits per heavy atom. The predicted octanol–water partition coefficient (Wildman–Crippen LogP) is -0.934. The number of rotatable bonds is 4. The molecule has 0 radical (unpaired) electrons. The highest BCUT2D eigenvalue weighted by Gasteiger charge is 2.40. The summed E-state index contributed by atoms with van der Waals surface area (Å²) < 4.78 is 24.5. The third-order valence-electron chi connectivity index (χ3n) is 5.89. The Morgan fingerprint density at radius 3 is 1.92 bits per heavy atom. The van der Waals surface area contributed by atoms with Crippen molar-refractivity contribution in [3.05, 3.63) is 0 Å². The molecule has 0 aromatic heterocycles. The first-order valence-electron chi connectivity index (χ1n) is 9.03. The maximum absolute atomic E-state index is 12.6. The average Bonchev–Trinajstić information content (AvgIpc) is 2.53. The van der Waals surface area contributed by atoms with Gasteiger partial charge < -0.3 is 10.6 Å². The summed E-state index contributed by atoms with van der Waals surface area (Å²) in [7, 11) is -3.15. The van der Waals surface area contributed by atoms with Crippen LogP contribution in [0.5, 0.6) is 0 Å². The largest absolute Gasteiger partial charge is 0.369 e. The monoisotopic (exact) mass is 372 g/mol. The van der Waals surface area contributed by atoms with E-state index in [4.69, 9.17) is 5.73 Å². The van der Waals surface area contributed by atoms with Gasteiger partial charge in [-0.3, -0.25) is 14.5 Å². The van der Waals surface area contributed by atoms with Crippen LogP contribution in [0.15, 0.2) is 0 Å². The molecular weight excluding hydrogens is 344 g/mol. The van der Waals surface area contributed by atoms with E-state index in [9.17, 15) is 18.0 Å². The second kappa shape index (κ2) is 7.20. The van der Waals surface area contributed by atoms with Gasteiger partial charge in [-0.25, -0.2) is 12.7 Å². The fourth-order valence-electron chi connectivity index (χ4n) is 4.11. The molecule has 3 aliphatic heterocycles. The highest BCUT2D eigenvalue weighted by atomic mass is 32.2. The summed E-state index contributed by atoms with van der Waals surface area (Å²) >= 11 is 0. The summed E-state index contributed by atoms with van der Waals surface area (Å²) in [6.45, 7) is 4.10. The molecule has 0 saturated carbocycles. The molecule has 3 aliphatic rings.